The molecule has 1 aliphatic carbocycles. The van der Waals surface area contributed by atoms with E-state index in [1.807, 2.05) is 51.1 Å². The molecule has 2 aromatic carbocycles. The molecule has 0 unspecified atom stereocenters. The Hall–Kier alpha value is -2.71. The van der Waals surface area contributed by atoms with Crippen LogP contribution in [0.4, 0.5) is 0 Å². The third-order valence-corrected chi connectivity index (χ3v) is 8.19. The maximum atomic E-state index is 13.8. The molecule has 1 N–H and O–H groups in total. The second-order valence-electron chi connectivity index (χ2n) is 8.61. The maximum absolute atomic E-state index is 13.8. The molecule has 1 amide bonds. The molecular weight excluding hydrogens is 438 g/mol. The highest BCUT2D eigenvalue weighted by atomic mass is 32.2. The minimum atomic E-state index is -3.86. The van der Waals surface area contributed by atoms with Gasteiger partial charge in [0, 0.05) is 11.6 Å². The molecule has 1 saturated carbocycles. The van der Waals surface area contributed by atoms with Gasteiger partial charge in [-0.25, -0.2) is 13.8 Å². The van der Waals surface area contributed by atoms with Crippen LogP contribution in [0.1, 0.15) is 54.4 Å². The van der Waals surface area contributed by atoms with Crippen LogP contribution in [0.2, 0.25) is 0 Å². The predicted molar refractivity (Wildman–Crippen MR) is 130 cm³/mol. The lowest BCUT2D eigenvalue weighted by Gasteiger charge is -2.33. The average Bonchev–Trinajstić information content (AvgIpc) is 2.77. The van der Waals surface area contributed by atoms with Gasteiger partial charge >= 0.3 is 0 Å². The lowest BCUT2D eigenvalue weighted by molar-refractivity contribution is -0.121. The second kappa shape index (κ2) is 10.9. The summed E-state index contributed by atoms with van der Waals surface area (Å²) in [5.41, 5.74) is 5.60. The highest BCUT2D eigenvalue weighted by Crippen LogP contribution is 2.31. The quantitative estimate of drug-likeness (QED) is 0.464. The molecule has 8 heteroatoms. The molecule has 0 atom stereocenters. The molecule has 0 spiro atoms. The lowest BCUT2D eigenvalue weighted by Crippen LogP contribution is -2.46. The fourth-order valence-electron chi connectivity index (χ4n) is 4.59. The van der Waals surface area contributed by atoms with Crippen LogP contribution in [0.5, 0.6) is 5.75 Å². The number of benzene rings is 2. The summed E-state index contributed by atoms with van der Waals surface area (Å²) < 4.78 is 34.2. The highest BCUT2D eigenvalue weighted by Gasteiger charge is 2.35. The van der Waals surface area contributed by atoms with Crippen LogP contribution >= 0.6 is 0 Å². The molecule has 3 rings (SSSR count). The summed E-state index contributed by atoms with van der Waals surface area (Å²) in [7, 11) is -2.30. The number of carbonyl (C=O) groups is 1. The molecule has 0 bridgehead atoms. The Morgan fingerprint density at radius 1 is 1.12 bits per heavy atom. The van der Waals surface area contributed by atoms with Crippen LogP contribution in [0.25, 0.3) is 0 Å². The van der Waals surface area contributed by atoms with Crippen molar-refractivity contribution in [3.05, 3.63) is 58.7 Å². The Kier molecular flexibility index (Phi) is 8.26. The molecule has 0 aliphatic heterocycles. The minimum Gasteiger partial charge on any atom is -0.496 e. The SMILES string of the molecule is COc1ccccc1C=NNC(=O)CN(C1CCCCC1)S(=O)(=O)c1c(C)cc(C)cc1C. The number of carbonyl (C=O) groups excluding carboxylic acids is 1. The van der Waals surface area contributed by atoms with Crippen LogP contribution in [0.3, 0.4) is 0 Å². The van der Waals surface area contributed by atoms with Gasteiger partial charge in [-0.1, -0.05) is 49.1 Å². The Morgan fingerprint density at radius 3 is 2.39 bits per heavy atom. The van der Waals surface area contributed by atoms with E-state index in [-0.39, 0.29) is 12.6 Å². The van der Waals surface area contributed by atoms with Crippen molar-refractivity contribution in [2.45, 2.75) is 63.8 Å². The molecule has 0 radical (unpaired) electrons. The van der Waals surface area contributed by atoms with E-state index in [1.165, 1.54) is 10.5 Å². The van der Waals surface area contributed by atoms with Gasteiger partial charge in [0.25, 0.3) is 5.91 Å². The topological polar surface area (TPSA) is 88.1 Å². The van der Waals surface area contributed by atoms with Gasteiger partial charge in [0.05, 0.1) is 24.8 Å². The summed E-state index contributed by atoms with van der Waals surface area (Å²) in [5.74, 6) is 0.157. The fourth-order valence-corrected chi connectivity index (χ4v) is 6.65. The lowest BCUT2D eigenvalue weighted by atomic mass is 9.95. The van der Waals surface area contributed by atoms with Crippen molar-refractivity contribution < 1.29 is 17.9 Å². The van der Waals surface area contributed by atoms with E-state index in [0.717, 1.165) is 37.7 Å². The number of hydrogen-bond acceptors (Lipinski definition) is 5. The molecule has 178 valence electrons. The summed E-state index contributed by atoms with van der Waals surface area (Å²) in [4.78, 5) is 13.1. The zero-order valence-electron chi connectivity index (χ0n) is 19.8. The molecule has 0 aromatic heterocycles. The maximum Gasteiger partial charge on any atom is 0.255 e. The zero-order valence-corrected chi connectivity index (χ0v) is 20.6. The van der Waals surface area contributed by atoms with Crippen molar-refractivity contribution >= 4 is 22.1 Å². The number of methoxy groups -OCH3 is 1. The third-order valence-electron chi connectivity index (χ3n) is 5.98. The highest BCUT2D eigenvalue weighted by molar-refractivity contribution is 7.89. The zero-order chi connectivity index (χ0) is 24.0. The first kappa shape index (κ1) is 24.9. The fraction of sp³-hybridized carbons (Fsp3) is 0.440. The first-order valence-corrected chi connectivity index (χ1v) is 12.7. The number of nitrogens with zero attached hydrogens (tertiary/aromatic N) is 2. The smallest absolute Gasteiger partial charge is 0.255 e. The molecular formula is C25H33N3O4S. The van der Waals surface area contributed by atoms with Gasteiger partial charge in [-0.05, 0) is 56.9 Å². The number of ether oxygens (including phenoxy) is 1. The number of amides is 1. The van der Waals surface area contributed by atoms with Gasteiger partial charge in [-0.3, -0.25) is 4.79 Å². The van der Waals surface area contributed by atoms with Crippen molar-refractivity contribution in [3.8, 4) is 5.75 Å². The summed E-state index contributed by atoms with van der Waals surface area (Å²) >= 11 is 0. The molecule has 7 nitrogen and oxygen atoms in total. The Morgan fingerprint density at radius 2 is 1.76 bits per heavy atom. The number of hydrazone groups is 1. The van der Waals surface area contributed by atoms with Crippen LogP contribution in [0, 0.1) is 20.8 Å². The average molecular weight is 472 g/mol. The van der Waals surface area contributed by atoms with E-state index in [0.29, 0.717) is 27.3 Å². The van der Waals surface area contributed by atoms with Gasteiger partial charge in [0.15, 0.2) is 0 Å². The van der Waals surface area contributed by atoms with Crippen molar-refractivity contribution in [1.82, 2.24) is 9.73 Å². The monoisotopic (exact) mass is 471 g/mol. The summed E-state index contributed by atoms with van der Waals surface area (Å²) in [6.07, 6.45) is 5.99. The van der Waals surface area contributed by atoms with E-state index in [2.05, 4.69) is 10.5 Å². The number of para-hydroxylation sites is 1. The number of rotatable bonds is 8. The molecule has 33 heavy (non-hydrogen) atoms. The van der Waals surface area contributed by atoms with E-state index in [9.17, 15) is 13.2 Å². The first-order valence-electron chi connectivity index (χ1n) is 11.3. The number of sulfonamides is 1. The van der Waals surface area contributed by atoms with Gasteiger partial charge in [0.1, 0.15) is 5.75 Å². The number of nitrogens with one attached hydrogen (secondary N) is 1. The Bertz CT molecular complexity index is 1100. The largest absolute Gasteiger partial charge is 0.496 e. The van der Waals surface area contributed by atoms with Crippen LogP contribution in [-0.4, -0.2) is 44.5 Å². The standard InChI is InChI=1S/C25H33N3O4S/c1-18-14-19(2)25(20(3)15-18)33(30,31)28(22-11-6-5-7-12-22)17-24(29)27-26-16-21-10-8-9-13-23(21)32-4/h8-10,13-16,22H,5-7,11-12,17H2,1-4H3,(H,27,29). The third kappa shape index (κ3) is 6.00. The van der Waals surface area contributed by atoms with Gasteiger partial charge in [-0.2, -0.15) is 9.41 Å². The predicted octanol–water partition coefficient (Wildman–Crippen LogP) is 4.09. The van der Waals surface area contributed by atoms with Crippen molar-refractivity contribution in [2.24, 2.45) is 5.10 Å². The Balaban J connectivity index is 1.84. The Labute approximate surface area is 196 Å². The molecule has 0 saturated heterocycles. The van der Waals surface area contributed by atoms with Crippen molar-refractivity contribution in [1.29, 1.82) is 0 Å². The molecule has 0 heterocycles. The van der Waals surface area contributed by atoms with Gasteiger partial charge in [0.2, 0.25) is 10.0 Å². The van der Waals surface area contributed by atoms with E-state index < -0.39 is 15.9 Å². The minimum absolute atomic E-state index is 0.201. The second-order valence-corrected chi connectivity index (χ2v) is 10.4. The normalized spacial score (nSPS) is 15.2. The molecule has 2 aromatic rings. The summed E-state index contributed by atoms with van der Waals surface area (Å²) in [6.45, 7) is 5.29. The van der Waals surface area contributed by atoms with Gasteiger partial charge in [-0.15, -0.1) is 0 Å². The van der Waals surface area contributed by atoms with Crippen molar-refractivity contribution in [2.75, 3.05) is 13.7 Å². The van der Waals surface area contributed by atoms with Crippen LogP contribution < -0.4 is 10.2 Å². The van der Waals surface area contributed by atoms with Crippen molar-refractivity contribution in [3.63, 3.8) is 0 Å². The number of aryl methyl sites for hydroxylation is 3. The summed E-state index contributed by atoms with van der Waals surface area (Å²) in [5, 5.41) is 4.02. The first-order chi connectivity index (χ1) is 15.7. The van der Waals surface area contributed by atoms with Crippen LogP contribution in [-0.2, 0) is 14.8 Å². The van der Waals surface area contributed by atoms with E-state index in [4.69, 9.17) is 4.74 Å². The molecule has 1 aliphatic rings. The van der Waals surface area contributed by atoms with E-state index >= 15 is 0 Å². The number of hydrogen-bond donors (Lipinski definition) is 1. The summed E-state index contributed by atoms with van der Waals surface area (Å²) in [6, 6.07) is 10.8. The van der Waals surface area contributed by atoms with Crippen LogP contribution in [0.15, 0.2) is 46.4 Å². The van der Waals surface area contributed by atoms with Gasteiger partial charge < -0.3 is 4.74 Å². The molecule has 1 fully saturated rings. The van der Waals surface area contributed by atoms with E-state index in [1.54, 1.807) is 13.2 Å².